The fourth-order valence-corrected chi connectivity index (χ4v) is 1.13. The Morgan fingerprint density at radius 1 is 1.25 bits per heavy atom. The first kappa shape index (κ1) is 9.23. The second kappa shape index (κ2) is 3.70. The highest BCUT2D eigenvalue weighted by Gasteiger charge is 2.12. The van der Waals surface area contributed by atoms with E-state index in [-0.39, 0.29) is 0 Å². The Bertz CT molecular complexity index is 256. The van der Waals surface area contributed by atoms with Crippen LogP contribution in [0.15, 0.2) is 24.3 Å². The normalized spacial score (nSPS) is 15.7. The summed E-state index contributed by atoms with van der Waals surface area (Å²) in [5.41, 5.74) is 1.86. The molecule has 0 aliphatic carbocycles. The SMILES string of the molecule is Cc1cccc([C@H](O)[C@H](C)O)c1. The molecule has 0 aliphatic heterocycles. The van der Waals surface area contributed by atoms with Gasteiger partial charge in [0.25, 0.3) is 0 Å². The number of hydrogen-bond acceptors (Lipinski definition) is 2. The summed E-state index contributed by atoms with van der Waals surface area (Å²) >= 11 is 0. The molecule has 1 aromatic rings. The smallest absolute Gasteiger partial charge is 0.105 e. The van der Waals surface area contributed by atoms with Gasteiger partial charge in [-0.1, -0.05) is 29.8 Å². The van der Waals surface area contributed by atoms with Crippen LogP contribution in [0, 0.1) is 6.92 Å². The molecule has 1 aromatic carbocycles. The zero-order valence-electron chi connectivity index (χ0n) is 7.36. The van der Waals surface area contributed by atoms with Crippen molar-refractivity contribution >= 4 is 0 Å². The molecule has 0 bridgehead atoms. The fourth-order valence-electron chi connectivity index (χ4n) is 1.13. The average Bonchev–Trinajstić information content (AvgIpc) is 2.03. The highest BCUT2D eigenvalue weighted by atomic mass is 16.3. The van der Waals surface area contributed by atoms with Gasteiger partial charge in [-0.3, -0.25) is 0 Å². The molecule has 0 saturated heterocycles. The summed E-state index contributed by atoms with van der Waals surface area (Å²) in [4.78, 5) is 0. The number of hydrogen-bond donors (Lipinski definition) is 2. The summed E-state index contributed by atoms with van der Waals surface area (Å²) in [6, 6.07) is 7.51. The van der Waals surface area contributed by atoms with Crippen LogP contribution >= 0.6 is 0 Å². The van der Waals surface area contributed by atoms with Crippen LogP contribution in [0.5, 0.6) is 0 Å². The van der Waals surface area contributed by atoms with Crippen LogP contribution in [0.1, 0.15) is 24.2 Å². The van der Waals surface area contributed by atoms with Crippen LogP contribution in [0.4, 0.5) is 0 Å². The van der Waals surface area contributed by atoms with Crippen LogP contribution in [0.3, 0.4) is 0 Å². The highest BCUT2D eigenvalue weighted by Crippen LogP contribution is 2.17. The van der Waals surface area contributed by atoms with Crippen LogP contribution in [-0.2, 0) is 0 Å². The molecular weight excluding hydrogens is 152 g/mol. The van der Waals surface area contributed by atoms with Crippen molar-refractivity contribution in [2.75, 3.05) is 0 Å². The number of rotatable bonds is 2. The lowest BCUT2D eigenvalue weighted by Crippen LogP contribution is -2.13. The van der Waals surface area contributed by atoms with E-state index in [1.165, 1.54) is 0 Å². The molecule has 66 valence electrons. The highest BCUT2D eigenvalue weighted by molar-refractivity contribution is 5.24. The molecule has 0 spiro atoms. The molecule has 2 atom stereocenters. The molecule has 0 aliphatic rings. The average molecular weight is 166 g/mol. The Hall–Kier alpha value is -0.860. The van der Waals surface area contributed by atoms with E-state index in [9.17, 15) is 5.11 Å². The predicted octanol–water partition coefficient (Wildman–Crippen LogP) is 1.41. The Morgan fingerprint density at radius 3 is 2.42 bits per heavy atom. The molecular formula is C10H14O2. The van der Waals surface area contributed by atoms with Gasteiger partial charge < -0.3 is 10.2 Å². The number of aliphatic hydroxyl groups is 2. The molecule has 12 heavy (non-hydrogen) atoms. The van der Waals surface area contributed by atoms with E-state index in [0.717, 1.165) is 11.1 Å². The first-order chi connectivity index (χ1) is 5.61. The molecule has 2 heteroatoms. The summed E-state index contributed by atoms with van der Waals surface area (Å²) in [6.07, 6.45) is -1.49. The summed E-state index contributed by atoms with van der Waals surface area (Å²) < 4.78 is 0. The van der Waals surface area contributed by atoms with Crippen LogP contribution in [0.25, 0.3) is 0 Å². The fraction of sp³-hybridized carbons (Fsp3) is 0.400. The van der Waals surface area contributed by atoms with Gasteiger partial charge in [-0.15, -0.1) is 0 Å². The topological polar surface area (TPSA) is 40.5 Å². The summed E-state index contributed by atoms with van der Waals surface area (Å²) in [7, 11) is 0. The lowest BCUT2D eigenvalue weighted by atomic mass is 10.0. The lowest BCUT2D eigenvalue weighted by Gasteiger charge is -2.13. The largest absolute Gasteiger partial charge is 0.390 e. The van der Waals surface area contributed by atoms with Gasteiger partial charge in [0.05, 0.1) is 6.10 Å². The van der Waals surface area contributed by atoms with E-state index in [0.29, 0.717) is 0 Å². The van der Waals surface area contributed by atoms with Gasteiger partial charge in [-0.25, -0.2) is 0 Å². The molecule has 0 amide bonds. The predicted molar refractivity (Wildman–Crippen MR) is 47.8 cm³/mol. The molecule has 0 radical (unpaired) electrons. The van der Waals surface area contributed by atoms with Crippen LogP contribution in [0.2, 0.25) is 0 Å². The maximum absolute atomic E-state index is 9.47. The molecule has 0 aromatic heterocycles. The third-order valence-electron chi connectivity index (χ3n) is 1.84. The Labute approximate surface area is 72.5 Å². The summed E-state index contributed by atoms with van der Waals surface area (Å²) in [6.45, 7) is 3.53. The van der Waals surface area contributed by atoms with Crippen LogP contribution in [-0.4, -0.2) is 16.3 Å². The van der Waals surface area contributed by atoms with Gasteiger partial charge in [-0.05, 0) is 19.4 Å². The number of aryl methyl sites for hydroxylation is 1. The van der Waals surface area contributed by atoms with Gasteiger partial charge in [0.2, 0.25) is 0 Å². The van der Waals surface area contributed by atoms with Crippen molar-refractivity contribution in [3.05, 3.63) is 35.4 Å². The van der Waals surface area contributed by atoms with E-state index >= 15 is 0 Å². The summed E-state index contributed by atoms with van der Waals surface area (Å²) in [5, 5.41) is 18.6. The van der Waals surface area contributed by atoms with E-state index in [1.54, 1.807) is 6.92 Å². The molecule has 0 fully saturated rings. The Kier molecular flexibility index (Phi) is 2.84. The second-order valence-electron chi connectivity index (χ2n) is 3.10. The minimum absolute atomic E-state index is 0.716. The lowest BCUT2D eigenvalue weighted by molar-refractivity contribution is 0.0305. The molecule has 1 rings (SSSR count). The van der Waals surface area contributed by atoms with Gasteiger partial charge >= 0.3 is 0 Å². The molecule has 2 nitrogen and oxygen atoms in total. The third kappa shape index (κ3) is 2.06. The summed E-state index contributed by atoms with van der Waals surface area (Å²) in [5.74, 6) is 0. The van der Waals surface area contributed by atoms with Crippen molar-refractivity contribution in [1.29, 1.82) is 0 Å². The maximum atomic E-state index is 9.47. The van der Waals surface area contributed by atoms with E-state index in [2.05, 4.69) is 0 Å². The number of benzene rings is 1. The number of aliphatic hydroxyl groups excluding tert-OH is 2. The zero-order chi connectivity index (χ0) is 9.14. The monoisotopic (exact) mass is 166 g/mol. The van der Waals surface area contributed by atoms with Gasteiger partial charge in [0, 0.05) is 0 Å². The van der Waals surface area contributed by atoms with Gasteiger partial charge in [0.15, 0.2) is 0 Å². The van der Waals surface area contributed by atoms with E-state index < -0.39 is 12.2 Å². The molecule has 2 N–H and O–H groups in total. The molecule has 0 unspecified atom stereocenters. The minimum atomic E-state index is -0.773. The van der Waals surface area contributed by atoms with Crippen molar-refractivity contribution in [3.8, 4) is 0 Å². The van der Waals surface area contributed by atoms with Gasteiger partial charge in [0.1, 0.15) is 6.10 Å². The molecule has 0 saturated carbocycles. The van der Waals surface area contributed by atoms with Crippen molar-refractivity contribution in [3.63, 3.8) is 0 Å². The van der Waals surface area contributed by atoms with Crippen molar-refractivity contribution in [1.82, 2.24) is 0 Å². The first-order valence-corrected chi connectivity index (χ1v) is 4.04. The Morgan fingerprint density at radius 2 is 1.92 bits per heavy atom. The Balaban J connectivity index is 2.88. The quantitative estimate of drug-likeness (QED) is 0.697. The second-order valence-corrected chi connectivity index (χ2v) is 3.10. The minimum Gasteiger partial charge on any atom is -0.390 e. The van der Waals surface area contributed by atoms with Crippen molar-refractivity contribution < 1.29 is 10.2 Å². The molecule has 0 heterocycles. The van der Waals surface area contributed by atoms with Crippen molar-refractivity contribution in [2.24, 2.45) is 0 Å². The first-order valence-electron chi connectivity index (χ1n) is 4.04. The van der Waals surface area contributed by atoms with E-state index in [4.69, 9.17) is 5.11 Å². The van der Waals surface area contributed by atoms with Crippen molar-refractivity contribution in [2.45, 2.75) is 26.1 Å². The van der Waals surface area contributed by atoms with E-state index in [1.807, 2.05) is 31.2 Å². The zero-order valence-corrected chi connectivity index (χ0v) is 7.36. The van der Waals surface area contributed by atoms with Crippen LogP contribution < -0.4 is 0 Å². The standard InChI is InChI=1S/C10H14O2/c1-7-4-3-5-9(6-7)10(12)8(2)11/h3-6,8,10-12H,1-2H3/t8-,10+/m0/s1. The maximum Gasteiger partial charge on any atom is 0.105 e. The third-order valence-corrected chi connectivity index (χ3v) is 1.84. The van der Waals surface area contributed by atoms with Gasteiger partial charge in [-0.2, -0.15) is 0 Å².